The molecule has 1 aliphatic carbocycles. The molecule has 188 valence electrons. The molecule has 5 heterocycles. The Labute approximate surface area is 207 Å². The van der Waals surface area contributed by atoms with Gasteiger partial charge in [0, 0.05) is 56.7 Å². The van der Waals surface area contributed by atoms with Crippen LogP contribution in [0.15, 0.2) is 36.8 Å². The number of likely N-dealkylation sites (tertiary alicyclic amines) is 1. The second kappa shape index (κ2) is 8.82. The SMILES string of the molecule is CNc1cc(-c2cn([C@H]3CN(C)C[C@@H]3F)c3ncccc23)nc2c(C(=O)N[C@@H]3CC[C@H]3OC)cnn12. The number of hydrogen-bond acceptors (Lipinski definition) is 7. The first-order valence-corrected chi connectivity index (χ1v) is 12.2. The zero-order chi connectivity index (χ0) is 25.0. The van der Waals surface area contributed by atoms with Gasteiger partial charge < -0.3 is 24.8 Å². The Kier molecular flexibility index (Phi) is 5.60. The van der Waals surface area contributed by atoms with Crippen molar-refractivity contribution >= 4 is 28.4 Å². The summed E-state index contributed by atoms with van der Waals surface area (Å²) in [5, 5.41) is 11.5. The third-order valence-electron chi connectivity index (χ3n) is 7.43. The minimum atomic E-state index is -0.990. The summed E-state index contributed by atoms with van der Waals surface area (Å²) >= 11 is 0. The van der Waals surface area contributed by atoms with E-state index in [0.29, 0.717) is 41.5 Å². The number of fused-ring (bicyclic) bond motifs is 2. The number of nitrogens with one attached hydrogen (secondary N) is 2. The van der Waals surface area contributed by atoms with E-state index in [9.17, 15) is 9.18 Å². The number of aromatic nitrogens is 5. The number of pyridine rings is 1. The smallest absolute Gasteiger partial charge is 0.257 e. The van der Waals surface area contributed by atoms with Gasteiger partial charge in [0.15, 0.2) is 5.65 Å². The van der Waals surface area contributed by atoms with E-state index >= 15 is 0 Å². The van der Waals surface area contributed by atoms with Crippen LogP contribution >= 0.6 is 0 Å². The number of likely N-dealkylation sites (N-methyl/N-ethyl adjacent to an activating group) is 1. The largest absolute Gasteiger partial charge is 0.379 e. The molecule has 2 N–H and O–H groups in total. The molecule has 4 aromatic heterocycles. The van der Waals surface area contributed by atoms with E-state index < -0.39 is 6.17 Å². The van der Waals surface area contributed by atoms with E-state index in [2.05, 4.69) is 20.7 Å². The zero-order valence-electron chi connectivity index (χ0n) is 20.5. The van der Waals surface area contributed by atoms with Gasteiger partial charge in [0.25, 0.3) is 5.91 Å². The lowest BCUT2D eigenvalue weighted by atomic mass is 9.89. The van der Waals surface area contributed by atoms with Crippen LogP contribution in [0.25, 0.3) is 27.9 Å². The molecule has 10 nitrogen and oxygen atoms in total. The maximum atomic E-state index is 14.9. The van der Waals surface area contributed by atoms with E-state index in [0.717, 1.165) is 23.8 Å². The van der Waals surface area contributed by atoms with Gasteiger partial charge in [-0.1, -0.05) is 0 Å². The molecule has 1 aliphatic heterocycles. The summed E-state index contributed by atoms with van der Waals surface area (Å²) in [6.45, 7) is 0.992. The van der Waals surface area contributed by atoms with E-state index in [1.807, 2.05) is 40.9 Å². The van der Waals surface area contributed by atoms with Crippen molar-refractivity contribution in [3.8, 4) is 11.3 Å². The Balaban J connectivity index is 1.45. The first-order chi connectivity index (χ1) is 17.5. The topological polar surface area (TPSA) is 102 Å². The maximum absolute atomic E-state index is 14.9. The van der Waals surface area contributed by atoms with Crippen LogP contribution in [0.1, 0.15) is 29.2 Å². The van der Waals surface area contributed by atoms with Crippen molar-refractivity contribution in [2.75, 3.05) is 39.6 Å². The van der Waals surface area contributed by atoms with E-state index in [4.69, 9.17) is 9.72 Å². The molecule has 1 saturated heterocycles. The number of anilines is 1. The first-order valence-electron chi connectivity index (χ1n) is 12.2. The highest BCUT2D eigenvalue weighted by Gasteiger charge is 2.35. The molecular formula is C25H29FN8O2. The summed E-state index contributed by atoms with van der Waals surface area (Å²) < 4.78 is 23.9. The molecule has 1 amide bonds. The van der Waals surface area contributed by atoms with Crippen LogP contribution < -0.4 is 10.6 Å². The highest BCUT2D eigenvalue weighted by molar-refractivity contribution is 6.01. The number of hydrogen-bond donors (Lipinski definition) is 2. The van der Waals surface area contributed by atoms with Gasteiger partial charge in [0.2, 0.25) is 0 Å². The summed E-state index contributed by atoms with van der Waals surface area (Å²) in [5.74, 6) is 0.447. The van der Waals surface area contributed by atoms with E-state index in [1.54, 1.807) is 24.9 Å². The van der Waals surface area contributed by atoms with Crippen molar-refractivity contribution < 1.29 is 13.9 Å². The molecule has 4 atom stereocenters. The van der Waals surface area contributed by atoms with Gasteiger partial charge in [-0.15, -0.1) is 0 Å². The number of carbonyl (C=O) groups excluding carboxylic acids is 1. The summed E-state index contributed by atoms with van der Waals surface area (Å²) in [6, 6.07) is 5.36. The van der Waals surface area contributed by atoms with Crippen molar-refractivity contribution in [1.82, 2.24) is 34.4 Å². The predicted molar refractivity (Wildman–Crippen MR) is 134 cm³/mol. The molecule has 2 aliphatic rings. The second-order valence-electron chi connectivity index (χ2n) is 9.63. The zero-order valence-corrected chi connectivity index (χ0v) is 20.5. The Morgan fingerprint density at radius 2 is 2.11 bits per heavy atom. The van der Waals surface area contributed by atoms with Gasteiger partial charge in [0.05, 0.1) is 30.1 Å². The number of halogens is 1. The highest BCUT2D eigenvalue weighted by atomic mass is 19.1. The molecule has 0 aromatic carbocycles. The number of nitrogens with zero attached hydrogens (tertiary/aromatic N) is 6. The van der Waals surface area contributed by atoms with Crippen molar-refractivity contribution in [1.29, 1.82) is 0 Å². The Bertz CT molecular complexity index is 1450. The van der Waals surface area contributed by atoms with Gasteiger partial charge in [-0.2, -0.15) is 9.61 Å². The number of carbonyl (C=O) groups is 1. The van der Waals surface area contributed by atoms with Gasteiger partial charge in [-0.3, -0.25) is 4.79 Å². The lowest BCUT2D eigenvalue weighted by molar-refractivity contribution is 0.00732. The molecule has 0 unspecified atom stereocenters. The Morgan fingerprint density at radius 1 is 1.25 bits per heavy atom. The number of rotatable bonds is 6. The van der Waals surface area contributed by atoms with Crippen molar-refractivity contribution in [3.05, 3.63) is 42.4 Å². The number of amides is 1. The van der Waals surface area contributed by atoms with Gasteiger partial charge in [-0.25, -0.2) is 14.4 Å². The van der Waals surface area contributed by atoms with Gasteiger partial charge in [0.1, 0.15) is 23.2 Å². The average Bonchev–Trinajstić information content (AvgIpc) is 3.55. The van der Waals surface area contributed by atoms with Crippen LogP contribution in [0, 0.1) is 0 Å². The fourth-order valence-electron chi connectivity index (χ4n) is 5.33. The summed E-state index contributed by atoms with van der Waals surface area (Å²) in [6.07, 6.45) is 6.03. The van der Waals surface area contributed by atoms with E-state index in [1.165, 1.54) is 6.20 Å². The standard InChI is InChI=1S/C25H29FN8O2/c1-27-22-9-19(30-24-15(10-29-34(22)24)25(35)31-18-6-7-21(18)36-3)16-11-33(20-13-32(2)12-17(20)26)23-14(16)5-4-8-28-23/h4-5,8-11,17-18,20-21,27H,6-7,12-13H2,1-3H3,(H,31,35)/t17-,18+,20-,21+/m0/s1. The third kappa shape index (κ3) is 3.61. The lowest BCUT2D eigenvalue weighted by Gasteiger charge is -2.35. The maximum Gasteiger partial charge on any atom is 0.257 e. The molecule has 11 heteroatoms. The predicted octanol–water partition coefficient (Wildman–Crippen LogP) is 2.52. The highest BCUT2D eigenvalue weighted by Crippen LogP contribution is 2.35. The third-order valence-corrected chi connectivity index (χ3v) is 7.43. The number of methoxy groups -OCH3 is 1. The molecular weight excluding hydrogens is 463 g/mol. The van der Waals surface area contributed by atoms with Crippen molar-refractivity contribution in [2.45, 2.75) is 37.2 Å². The molecule has 4 aromatic rings. The number of ether oxygens (including phenoxy) is 1. The van der Waals surface area contributed by atoms with Crippen molar-refractivity contribution in [3.63, 3.8) is 0 Å². The summed E-state index contributed by atoms with van der Waals surface area (Å²) in [5.41, 5.74) is 3.02. The van der Waals surface area contributed by atoms with Crippen LogP contribution in [0.4, 0.5) is 10.2 Å². The molecule has 0 spiro atoms. The van der Waals surface area contributed by atoms with Crippen LogP contribution in [-0.2, 0) is 4.74 Å². The minimum Gasteiger partial charge on any atom is -0.379 e. The first kappa shape index (κ1) is 22.9. The Hall–Kier alpha value is -3.57. The monoisotopic (exact) mass is 492 g/mol. The summed E-state index contributed by atoms with van der Waals surface area (Å²) in [4.78, 5) is 24.6. The average molecular weight is 493 g/mol. The minimum absolute atomic E-state index is 0.0216. The quantitative estimate of drug-likeness (QED) is 0.427. The summed E-state index contributed by atoms with van der Waals surface area (Å²) in [7, 11) is 5.38. The van der Waals surface area contributed by atoms with Crippen LogP contribution in [0.5, 0.6) is 0 Å². The number of alkyl halides is 1. The second-order valence-corrected chi connectivity index (χ2v) is 9.63. The molecule has 0 radical (unpaired) electrons. The van der Waals surface area contributed by atoms with Crippen LogP contribution in [0.3, 0.4) is 0 Å². The normalized spacial score (nSPS) is 24.3. The molecule has 1 saturated carbocycles. The molecule has 2 fully saturated rings. The molecule has 6 rings (SSSR count). The van der Waals surface area contributed by atoms with Crippen LogP contribution in [0.2, 0.25) is 0 Å². The van der Waals surface area contributed by atoms with Gasteiger partial charge >= 0.3 is 0 Å². The lowest BCUT2D eigenvalue weighted by Crippen LogP contribution is -2.51. The molecule has 36 heavy (non-hydrogen) atoms. The van der Waals surface area contributed by atoms with E-state index in [-0.39, 0.29) is 24.1 Å². The van der Waals surface area contributed by atoms with Crippen molar-refractivity contribution in [2.24, 2.45) is 0 Å². The molecule has 0 bridgehead atoms. The van der Waals surface area contributed by atoms with Crippen LogP contribution in [-0.4, -0.2) is 87.6 Å². The Morgan fingerprint density at radius 3 is 2.81 bits per heavy atom. The fraction of sp³-hybridized carbons (Fsp3) is 0.440. The fourth-order valence-corrected chi connectivity index (χ4v) is 5.33. The van der Waals surface area contributed by atoms with Gasteiger partial charge in [-0.05, 0) is 32.0 Å².